The Kier molecular flexibility index (Phi) is 3.97. The van der Waals surface area contributed by atoms with Gasteiger partial charge in [0.15, 0.2) is 0 Å². The highest BCUT2D eigenvalue weighted by Gasteiger charge is 2.32. The standard InChI is InChI=1S/C12H22O2/c1-3-12(4-2)7-5-10(6-8-12)9-11(13)14/h10H,3-9H2,1-2H3,(H,13,14). The molecule has 1 N–H and O–H groups in total. The van der Waals surface area contributed by atoms with E-state index >= 15 is 0 Å². The van der Waals surface area contributed by atoms with Crippen molar-refractivity contribution in [3.8, 4) is 0 Å². The highest BCUT2D eigenvalue weighted by Crippen LogP contribution is 2.44. The number of carboxylic acid groups (broad SMARTS) is 1. The van der Waals surface area contributed by atoms with Gasteiger partial charge in [-0.1, -0.05) is 26.7 Å². The van der Waals surface area contributed by atoms with E-state index in [4.69, 9.17) is 5.11 Å². The molecule has 0 aromatic heterocycles. The topological polar surface area (TPSA) is 37.3 Å². The van der Waals surface area contributed by atoms with Gasteiger partial charge in [-0.05, 0) is 37.0 Å². The van der Waals surface area contributed by atoms with Crippen molar-refractivity contribution in [3.63, 3.8) is 0 Å². The largest absolute Gasteiger partial charge is 0.481 e. The van der Waals surface area contributed by atoms with Gasteiger partial charge in [-0.3, -0.25) is 4.79 Å². The van der Waals surface area contributed by atoms with Crippen LogP contribution < -0.4 is 0 Å². The molecule has 1 aliphatic rings. The number of hydrogen-bond acceptors (Lipinski definition) is 1. The molecule has 1 saturated carbocycles. The number of hydrogen-bond donors (Lipinski definition) is 1. The van der Waals surface area contributed by atoms with Crippen molar-refractivity contribution in [3.05, 3.63) is 0 Å². The van der Waals surface area contributed by atoms with E-state index in [0.717, 1.165) is 12.8 Å². The Morgan fingerprint density at radius 3 is 2.14 bits per heavy atom. The molecule has 1 fully saturated rings. The van der Waals surface area contributed by atoms with Crippen molar-refractivity contribution in [2.75, 3.05) is 0 Å². The quantitative estimate of drug-likeness (QED) is 0.751. The van der Waals surface area contributed by atoms with Crippen molar-refractivity contribution < 1.29 is 9.90 Å². The van der Waals surface area contributed by atoms with Gasteiger partial charge in [0.25, 0.3) is 0 Å². The first kappa shape index (κ1) is 11.5. The van der Waals surface area contributed by atoms with Crippen LogP contribution in [0.2, 0.25) is 0 Å². The molecule has 0 radical (unpaired) electrons. The third kappa shape index (κ3) is 2.73. The smallest absolute Gasteiger partial charge is 0.303 e. The lowest BCUT2D eigenvalue weighted by Crippen LogP contribution is -2.27. The Labute approximate surface area is 86.7 Å². The van der Waals surface area contributed by atoms with Crippen LogP contribution in [0.3, 0.4) is 0 Å². The van der Waals surface area contributed by atoms with Crippen LogP contribution >= 0.6 is 0 Å². The monoisotopic (exact) mass is 198 g/mol. The van der Waals surface area contributed by atoms with Gasteiger partial charge in [-0.15, -0.1) is 0 Å². The zero-order chi connectivity index (χ0) is 10.6. The van der Waals surface area contributed by atoms with E-state index in [2.05, 4.69) is 13.8 Å². The summed E-state index contributed by atoms with van der Waals surface area (Å²) in [4.78, 5) is 10.6. The summed E-state index contributed by atoms with van der Waals surface area (Å²) in [6.07, 6.45) is 7.59. The molecular formula is C12H22O2. The van der Waals surface area contributed by atoms with E-state index in [9.17, 15) is 4.79 Å². The molecule has 82 valence electrons. The Morgan fingerprint density at radius 2 is 1.79 bits per heavy atom. The Balaban J connectivity index is 2.40. The van der Waals surface area contributed by atoms with Crippen LogP contribution in [0, 0.1) is 11.3 Å². The average Bonchev–Trinajstić information content (AvgIpc) is 2.19. The second-order valence-electron chi connectivity index (χ2n) is 4.75. The Bertz CT molecular complexity index is 184. The minimum Gasteiger partial charge on any atom is -0.481 e. The van der Waals surface area contributed by atoms with E-state index < -0.39 is 5.97 Å². The van der Waals surface area contributed by atoms with Crippen molar-refractivity contribution in [1.29, 1.82) is 0 Å². The summed E-state index contributed by atoms with van der Waals surface area (Å²) in [5.74, 6) is -0.186. The van der Waals surface area contributed by atoms with Crippen LogP contribution in [0.15, 0.2) is 0 Å². The maximum atomic E-state index is 10.6. The van der Waals surface area contributed by atoms with E-state index in [1.54, 1.807) is 0 Å². The molecule has 0 amide bonds. The van der Waals surface area contributed by atoms with Gasteiger partial charge in [0.1, 0.15) is 0 Å². The van der Waals surface area contributed by atoms with Crippen LogP contribution in [0.5, 0.6) is 0 Å². The first-order valence-corrected chi connectivity index (χ1v) is 5.83. The van der Waals surface area contributed by atoms with Crippen molar-refractivity contribution in [2.45, 2.75) is 58.8 Å². The average molecular weight is 198 g/mol. The fourth-order valence-corrected chi connectivity index (χ4v) is 2.70. The third-order valence-corrected chi connectivity index (χ3v) is 4.13. The van der Waals surface area contributed by atoms with Crippen molar-refractivity contribution in [1.82, 2.24) is 0 Å². The van der Waals surface area contributed by atoms with Crippen LogP contribution in [0.4, 0.5) is 0 Å². The van der Waals surface area contributed by atoms with Crippen LogP contribution in [0.25, 0.3) is 0 Å². The Hall–Kier alpha value is -0.530. The molecule has 0 aromatic rings. The molecule has 0 saturated heterocycles. The fourth-order valence-electron chi connectivity index (χ4n) is 2.70. The summed E-state index contributed by atoms with van der Waals surface area (Å²) in [6.45, 7) is 4.53. The predicted octanol–water partition coefficient (Wildman–Crippen LogP) is 3.46. The summed E-state index contributed by atoms with van der Waals surface area (Å²) < 4.78 is 0. The fraction of sp³-hybridized carbons (Fsp3) is 0.917. The summed E-state index contributed by atoms with van der Waals surface area (Å²) in [5, 5.41) is 8.71. The molecule has 0 heterocycles. The highest BCUT2D eigenvalue weighted by molar-refractivity contribution is 5.67. The number of carboxylic acids is 1. The molecule has 2 nitrogen and oxygen atoms in total. The zero-order valence-electron chi connectivity index (χ0n) is 9.38. The molecule has 0 unspecified atom stereocenters. The first-order chi connectivity index (χ1) is 6.62. The minimum absolute atomic E-state index is 0.378. The van der Waals surface area contributed by atoms with Crippen LogP contribution in [-0.2, 0) is 4.79 Å². The molecule has 0 aliphatic heterocycles. The summed E-state index contributed by atoms with van der Waals surface area (Å²) >= 11 is 0. The zero-order valence-corrected chi connectivity index (χ0v) is 9.38. The molecule has 0 spiro atoms. The predicted molar refractivity (Wildman–Crippen MR) is 57.2 cm³/mol. The van der Waals surface area contributed by atoms with E-state index in [0.29, 0.717) is 17.8 Å². The van der Waals surface area contributed by atoms with Gasteiger partial charge in [-0.2, -0.15) is 0 Å². The molecule has 2 heteroatoms. The maximum Gasteiger partial charge on any atom is 0.303 e. The third-order valence-electron chi connectivity index (χ3n) is 4.13. The lowest BCUT2D eigenvalue weighted by Gasteiger charge is -2.38. The van der Waals surface area contributed by atoms with E-state index in [-0.39, 0.29) is 0 Å². The van der Waals surface area contributed by atoms with Crippen LogP contribution in [-0.4, -0.2) is 11.1 Å². The Morgan fingerprint density at radius 1 is 1.29 bits per heavy atom. The van der Waals surface area contributed by atoms with Gasteiger partial charge in [0.2, 0.25) is 0 Å². The van der Waals surface area contributed by atoms with Gasteiger partial charge in [0.05, 0.1) is 0 Å². The highest BCUT2D eigenvalue weighted by atomic mass is 16.4. The second-order valence-corrected chi connectivity index (χ2v) is 4.75. The lowest BCUT2D eigenvalue weighted by atomic mass is 9.67. The SMILES string of the molecule is CCC1(CC)CCC(CC(=O)O)CC1. The van der Waals surface area contributed by atoms with Crippen molar-refractivity contribution in [2.24, 2.45) is 11.3 Å². The van der Waals surface area contributed by atoms with Crippen LogP contribution in [0.1, 0.15) is 58.8 Å². The summed E-state index contributed by atoms with van der Waals surface area (Å²) in [6, 6.07) is 0. The van der Waals surface area contributed by atoms with Gasteiger partial charge < -0.3 is 5.11 Å². The van der Waals surface area contributed by atoms with Gasteiger partial charge >= 0.3 is 5.97 Å². The molecular weight excluding hydrogens is 176 g/mol. The maximum absolute atomic E-state index is 10.6. The number of rotatable bonds is 4. The summed E-state index contributed by atoms with van der Waals surface area (Å²) in [7, 11) is 0. The second kappa shape index (κ2) is 4.81. The van der Waals surface area contributed by atoms with E-state index in [1.807, 2.05) is 0 Å². The van der Waals surface area contributed by atoms with Gasteiger partial charge in [0, 0.05) is 6.42 Å². The molecule has 1 rings (SSSR count). The summed E-state index contributed by atoms with van der Waals surface area (Å²) in [5.41, 5.74) is 0.537. The molecule has 0 atom stereocenters. The first-order valence-electron chi connectivity index (χ1n) is 5.83. The normalized spacial score (nSPS) is 22.1. The molecule has 0 bridgehead atoms. The van der Waals surface area contributed by atoms with Crippen molar-refractivity contribution >= 4 is 5.97 Å². The molecule has 0 aromatic carbocycles. The lowest BCUT2D eigenvalue weighted by molar-refractivity contribution is -0.138. The molecule has 14 heavy (non-hydrogen) atoms. The van der Waals surface area contributed by atoms with Gasteiger partial charge in [-0.25, -0.2) is 0 Å². The molecule has 1 aliphatic carbocycles. The number of carbonyl (C=O) groups is 1. The minimum atomic E-state index is -0.629. The van der Waals surface area contributed by atoms with E-state index in [1.165, 1.54) is 25.7 Å². The number of aliphatic carboxylic acids is 1.